The van der Waals surface area contributed by atoms with Gasteiger partial charge in [0.25, 0.3) is 5.78 Å². The Balaban J connectivity index is 1.34. The number of ether oxygens (including phenoxy) is 1. The number of aryl methyl sites for hydroxylation is 1. The van der Waals surface area contributed by atoms with E-state index in [2.05, 4.69) is 21.1 Å². The maximum Gasteiger partial charge on any atom is 0.312 e. The number of carbonyl (C=O) groups is 1. The minimum absolute atomic E-state index is 0.225. The highest BCUT2D eigenvalue weighted by Crippen LogP contribution is 2.46. The van der Waals surface area contributed by atoms with Crippen LogP contribution in [-0.2, 0) is 27.8 Å². The number of cyclic esters (lactones) is 1. The van der Waals surface area contributed by atoms with Crippen molar-refractivity contribution in [3.05, 3.63) is 58.6 Å². The Morgan fingerprint density at radius 1 is 1.30 bits per heavy atom. The van der Waals surface area contributed by atoms with Crippen LogP contribution >= 0.6 is 11.6 Å². The fourth-order valence-electron chi connectivity index (χ4n) is 5.99. The first kappa shape index (κ1) is 25.6. The van der Waals surface area contributed by atoms with E-state index in [1.807, 2.05) is 32.0 Å². The molecule has 3 heterocycles. The molecule has 0 bridgehead atoms. The molecular weight excluding hydrogens is 490 g/mol. The summed E-state index contributed by atoms with van der Waals surface area (Å²) in [5.74, 6) is -0.364. The molecule has 3 aromatic rings. The van der Waals surface area contributed by atoms with Crippen LogP contribution in [0, 0.1) is 23.2 Å². The third kappa shape index (κ3) is 5.07. The monoisotopic (exact) mass is 521 g/mol. The molecule has 0 spiro atoms. The van der Waals surface area contributed by atoms with E-state index in [-0.39, 0.29) is 18.3 Å². The van der Waals surface area contributed by atoms with Crippen LogP contribution in [0.3, 0.4) is 0 Å². The van der Waals surface area contributed by atoms with Crippen molar-refractivity contribution >= 4 is 23.3 Å². The largest absolute Gasteiger partial charge is 0.458 e. The second-order valence-electron chi connectivity index (χ2n) is 11.0. The van der Waals surface area contributed by atoms with Crippen molar-refractivity contribution in [2.75, 3.05) is 0 Å². The molecule has 194 valence electrons. The molecule has 2 fully saturated rings. The number of nitriles is 1. The van der Waals surface area contributed by atoms with E-state index in [4.69, 9.17) is 16.3 Å². The van der Waals surface area contributed by atoms with Gasteiger partial charge in [-0.1, -0.05) is 36.6 Å². The van der Waals surface area contributed by atoms with Gasteiger partial charge in [0.2, 0.25) is 0 Å². The summed E-state index contributed by atoms with van der Waals surface area (Å²) in [5, 5.41) is 25.5. The standard InChI is InChI=1S/C28H32ClN5O3/c1-27(2,17-30)22-8-7-18(13-23(22)29)9-10-28(19-5-3-4-6-19)15-24(35)21(25(36)37-28)14-20-16-34-26(33-20)31-11-12-32-34/h7-8,11-13,16,19,21,24,35H,3-6,9-10,14-15H2,1-2H3. The minimum Gasteiger partial charge on any atom is -0.458 e. The maximum absolute atomic E-state index is 13.4. The number of esters is 1. The van der Waals surface area contributed by atoms with Gasteiger partial charge in [0, 0.05) is 17.9 Å². The van der Waals surface area contributed by atoms with Crippen LogP contribution in [0.5, 0.6) is 0 Å². The Kier molecular flexibility index (Phi) is 6.95. The number of benzene rings is 1. The summed E-state index contributed by atoms with van der Waals surface area (Å²) in [6.45, 7) is 3.70. The number of aromatic nitrogens is 4. The van der Waals surface area contributed by atoms with Gasteiger partial charge in [0.15, 0.2) is 0 Å². The highest BCUT2D eigenvalue weighted by atomic mass is 35.5. The highest BCUT2D eigenvalue weighted by Gasteiger charge is 2.51. The predicted octanol–water partition coefficient (Wildman–Crippen LogP) is 4.61. The summed E-state index contributed by atoms with van der Waals surface area (Å²) in [5.41, 5.74) is 1.09. The lowest BCUT2D eigenvalue weighted by atomic mass is 9.73. The molecule has 1 saturated carbocycles. The van der Waals surface area contributed by atoms with Crippen LogP contribution in [0.4, 0.5) is 0 Å². The molecule has 37 heavy (non-hydrogen) atoms. The summed E-state index contributed by atoms with van der Waals surface area (Å²) in [6.07, 6.45) is 10.2. The Morgan fingerprint density at radius 3 is 2.76 bits per heavy atom. The van der Waals surface area contributed by atoms with Crippen molar-refractivity contribution in [1.29, 1.82) is 5.26 Å². The molecule has 3 unspecified atom stereocenters. The van der Waals surface area contributed by atoms with Crippen LogP contribution in [0.1, 0.15) is 69.2 Å². The molecule has 0 radical (unpaired) electrons. The average molecular weight is 522 g/mol. The van der Waals surface area contributed by atoms with Crippen molar-refractivity contribution in [2.24, 2.45) is 11.8 Å². The number of aliphatic hydroxyl groups excluding tert-OH is 1. The van der Waals surface area contributed by atoms with E-state index in [1.165, 1.54) is 0 Å². The van der Waals surface area contributed by atoms with Gasteiger partial charge in [0.05, 0.1) is 47.8 Å². The Bertz CT molecular complexity index is 1310. The molecule has 1 aliphatic heterocycles. The van der Waals surface area contributed by atoms with Gasteiger partial charge < -0.3 is 9.84 Å². The fraction of sp³-hybridized carbons (Fsp3) is 0.536. The van der Waals surface area contributed by atoms with E-state index < -0.39 is 23.0 Å². The van der Waals surface area contributed by atoms with Crippen LogP contribution in [-0.4, -0.2) is 42.4 Å². The van der Waals surface area contributed by atoms with Crippen LogP contribution in [0.25, 0.3) is 5.78 Å². The highest BCUT2D eigenvalue weighted by molar-refractivity contribution is 6.31. The van der Waals surface area contributed by atoms with E-state index in [1.54, 1.807) is 23.1 Å². The van der Waals surface area contributed by atoms with Gasteiger partial charge >= 0.3 is 5.97 Å². The summed E-state index contributed by atoms with van der Waals surface area (Å²) in [4.78, 5) is 22.0. The zero-order valence-corrected chi connectivity index (χ0v) is 22.0. The second-order valence-corrected chi connectivity index (χ2v) is 11.4. The summed E-state index contributed by atoms with van der Waals surface area (Å²) in [7, 11) is 0. The number of carbonyl (C=O) groups excluding carboxylic acids is 1. The number of halogens is 1. The van der Waals surface area contributed by atoms with Gasteiger partial charge in [-0.05, 0) is 62.6 Å². The topological polar surface area (TPSA) is 113 Å². The van der Waals surface area contributed by atoms with E-state index in [0.29, 0.717) is 35.8 Å². The Morgan fingerprint density at radius 2 is 2.08 bits per heavy atom. The number of imidazole rings is 1. The molecule has 1 N–H and O–H groups in total. The first-order valence-corrected chi connectivity index (χ1v) is 13.3. The molecule has 1 aromatic carbocycles. The van der Waals surface area contributed by atoms with Gasteiger partial charge in [-0.25, -0.2) is 14.5 Å². The van der Waals surface area contributed by atoms with Crippen LogP contribution in [0.2, 0.25) is 5.02 Å². The number of rotatable bonds is 7. The minimum atomic E-state index is -0.824. The maximum atomic E-state index is 13.4. The summed E-state index contributed by atoms with van der Waals surface area (Å²) >= 11 is 6.55. The summed E-state index contributed by atoms with van der Waals surface area (Å²) < 4.78 is 7.86. The van der Waals surface area contributed by atoms with Crippen molar-refractivity contribution in [2.45, 2.75) is 82.3 Å². The molecule has 2 aliphatic rings. The quantitative estimate of drug-likeness (QED) is 0.452. The van der Waals surface area contributed by atoms with Crippen molar-refractivity contribution < 1.29 is 14.6 Å². The normalized spacial score (nSPS) is 24.8. The molecule has 9 heteroatoms. The molecule has 0 amide bonds. The van der Waals surface area contributed by atoms with Crippen LogP contribution in [0.15, 0.2) is 36.8 Å². The lowest BCUT2D eigenvalue weighted by Gasteiger charge is -2.46. The smallest absolute Gasteiger partial charge is 0.312 e. The third-order valence-electron chi connectivity index (χ3n) is 8.14. The lowest BCUT2D eigenvalue weighted by molar-refractivity contribution is -0.198. The zero-order valence-electron chi connectivity index (χ0n) is 21.2. The fourth-order valence-corrected chi connectivity index (χ4v) is 6.43. The van der Waals surface area contributed by atoms with Crippen molar-refractivity contribution in [1.82, 2.24) is 19.6 Å². The number of hydrogen-bond acceptors (Lipinski definition) is 7. The van der Waals surface area contributed by atoms with Gasteiger partial charge in [-0.2, -0.15) is 10.4 Å². The molecule has 2 aromatic heterocycles. The number of fused-ring (bicyclic) bond motifs is 1. The van der Waals surface area contributed by atoms with E-state index in [0.717, 1.165) is 36.8 Å². The average Bonchev–Trinajstić information content (AvgIpc) is 3.55. The SMILES string of the molecule is CC(C)(C#N)c1ccc(CCC2(C3CCCC3)CC(O)C(Cc3cn4nccnc4n3)C(=O)O2)cc1Cl. The molecule has 8 nitrogen and oxygen atoms in total. The number of hydrogen-bond donors (Lipinski definition) is 1. The van der Waals surface area contributed by atoms with E-state index >= 15 is 0 Å². The molecule has 5 rings (SSSR count). The number of aliphatic hydroxyl groups is 1. The Labute approximate surface area is 221 Å². The third-order valence-corrected chi connectivity index (χ3v) is 8.46. The second kappa shape index (κ2) is 10.0. The first-order valence-electron chi connectivity index (χ1n) is 13.0. The summed E-state index contributed by atoms with van der Waals surface area (Å²) in [6, 6.07) is 8.13. The molecule has 1 saturated heterocycles. The molecular formula is C28H32ClN5O3. The first-order chi connectivity index (χ1) is 17.7. The number of nitrogens with zero attached hydrogens (tertiary/aromatic N) is 5. The van der Waals surface area contributed by atoms with Crippen LogP contribution < -0.4 is 0 Å². The van der Waals surface area contributed by atoms with Crippen molar-refractivity contribution in [3.63, 3.8) is 0 Å². The molecule has 3 atom stereocenters. The predicted molar refractivity (Wildman–Crippen MR) is 138 cm³/mol. The molecule has 1 aliphatic carbocycles. The van der Waals surface area contributed by atoms with E-state index in [9.17, 15) is 15.2 Å². The van der Waals surface area contributed by atoms with Gasteiger partial charge in [-0.15, -0.1) is 0 Å². The van der Waals surface area contributed by atoms with Gasteiger partial charge in [-0.3, -0.25) is 4.79 Å². The Hall–Kier alpha value is -3.02. The van der Waals surface area contributed by atoms with Crippen molar-refractivity contribution in [3.8, 4) is 6.07 Å². The lowest BCUT2D eigenvalue weighted by Crippen LogP contribution is -2.53. The zero-order chi connectivity index (χ0) is 26.2. The van der Waals surface area contributed by atoms with Gasteiger partial charge in [0.1, 0.15) is 5.60 Å².